The summed E-state index contributed by atoms with van der Waals surface area (Å²) in [5.74, 6) is 0.748. The number of halogens is 1. The summed E-state index contributed by atoms with van der Waals surface area (Å²) in [7, 11) is 3.15. The van der Waals surface area contributed by atoms with Crippen molar-refractivity contribution >= 4 is 51.4 Å². The number of nitro groups is 1. The fraction of sp³-hybridized carbons (Fsp3) is 0.172. The monoisotopic (exact) mass is 667 g/mol. The van der Waals surface area contributed by atoms with Crippen molar-refractivity contribution < 1.29 is 19.5 Å². The summed E-state index contributed by atoms with van der Waals surface area (Å²) in [5.41, 5.74) is 4.81. The van der Waals surface area contributed by atoms with E-state index in [2.05, 4.69) is 12.1 Å². The molecule has 1 aliphatic heterocycles. The molecule has 2 aliphatic rings. The van der Waals surface area contributed by atoms with E-state index < -0.39 is 22.4 Å². The number of methoxy groups -OCH3 is 2. The summed E-state index contributed by atoms with van der Waals surface area (Å²) in [5, 5.41) is 21.6. The molecule has 0 unspecified atom stereocenters. The normalized spacial score (nSPS) is 16.1. The Hall–Kier alpha value is -3.97. The molecule has 0 fully saturated rings. The molecule has 0 radical (unpaired) electrons. The van der Waals surface area contributed by atoms with Crippen molar-refractivity contribution in [2.75, 3.05) is 14.2 Å². The maximum absolute atomic E-state index is 14.0. The molecule has 0 saturated heterocycles. The second-order valence-electron chi connectivity index (χ2n) is 9.36. The number of phenolic OH excluding ortho intramolecular Hbond substituents is 1. The Kier molecular flexibility index (Phi) is 6.70. The van der Waals surface area contributed by atoms with Gasteiger partial charge in [-0.15, -0.1) is 0 Å². The van der Waals surface area contributed by atoms with E-state index in [1.54, 1.807) is 30.9 Å². The summed E-state index contributed by atoms with van der Waals surface area (Å²) in [4.78, 5) is 30.4. The van der Waals surface area contributed by atoms with Gasteiger partial charge in [-0.25, -0.2) is 4.99 Å². The van der Waals surface area contributed by atoms with Crippen LogP contribution in [0.5, 0.6) is 17.2 Å². The highest BCUT2D eigenvalue weighted by atomic mass is 127. The quantitative estimate of drug-likeness (QED) is 0.190. The van der Waals surface area contributed by atoms with E-state index in [9.17, 15) is 20.0 Å². The van der Waals surface area contributed by atoms with Crippen molar-refractivity contribution in [3.63, 3.8) is 0 Å². The summed E-state index contributed by atoms with van der Waals surface area (Å²) in [6.07, 6.45) is 3.18. The molecule has 40 heavy (non-hydrogen) atoms. The fourth-order valence-corrected chi connectivity index (χ4v) is 6.96. The first-order valence-electron chi connectivity index (χ1n) is 12.3. The average Bonchev–Trinajstić information content (AvgIpc) is 3.27. The van der Waals surface area contributed by atoms with Crippen LogP contribution in [0.2, 0.25) is 0 Å². The highest BCUT2D eigenvalue weighted by molar-refractivity contribution is 14.1. The lowest BCUT2D eigenvalue weighted by atomic mass is 9.83. The third kappa shape index (κ3) is 4.29. The number of phenols is 1. The number of aromatic hydroxyl groups is 1. The Morgan fingerprint density at radius 3 is 2.65 bits per heavy atom. The molecule has 1 N–H and O–H groups in total. The van der Waals surface area contributed by atoms with Gasteiger partial charge >= 0.3 is 5.69 Å². The maximum atomic E-state index is 14.0. The van der Waals surface area contributed by atoms with Crippen LogP contribution in [0.15, 0.2) is 70.0 Å². The standard InChI is InChI=1S/C29H22IN3O6S/c1-38-22-10-8-17(14-23(22)39-2)26-19-9-7-16-5-3-4-6-18(16)25(19)31-29-32(26)28(35)24(40-29)13-15-11-20(30)27(34)21(12-15)33(36)37/h3-6,8,10-14,26,34H,7,9H2,1-2H3/b24-13+/t26-/m0/s1. The molecular formula is C29H22IN3O6S. The zero-order chi connectivity index (χ0) is 28.1. The molecule has 202 valence electrons. The number of thiazole rings is 1. The molecule has 2 heterocycles. The van der Waals surface area contributed by atoms with Gasteiger partial charge in [0, 0.05) is 11.6 Å². The van der Waals surface area contributed by atoms with E-state index in [1.165, 1.54) is 23.0 Å². The van der Waals surface area contributed by atoms with Gasteiger partial charge in [0.1, 0.15) is 0 Å². The number of allylic oxidation sites excluding steroid dienone is 1. The number of rotatable bonds is 5. The number of hydrogen-bond donors (Lipinski definition) is 1. The topological polar surface area (TPSA) is 116 Å². The van der Waals surface area contributed by atoms with E-state index in [0.717, 1.165) is 35.2 Å². The van der Waals surface area contributed by atoms with Crippen LogP contribution < -0.4 is 24.4 Å². The second kappa shape index (κ2) is 10.2. The van der Waals surface area contributed by atoms with Crippen molar-refractivity contribution in [1.29, 1.82) is 0 Å². The van der Waals surface area contributed by atoms with E-state index in [4.69, 9.17) is 14.5 Å². The lowest BCUT2D eigenvalue weighted by Crippen LogP contribution is -2.38. The summed E-state index contributed by atoms with van der Waals surface area (Å²) in [6, 6.07) is 16.3. The Bertz CT molecular complexity index is 1930. The van der Waals surface area contributed by atoms with Gasteiger partial charge in [-0.05, 0) is 82.0 Å². The molecule has 1 atom stereocenters. The highest BCUT2D eigenvalue weighted by Crippen LogP contribution is 2.43. The molecule has 6 rings (SSSR count). The van der Waals surface area contributed by atoms with Crippen LogP contribution in [-0.4, -0.2) is 28.8 Å². The van der Waals surface area contributed by atoms with E-state index in [1.807, 2.05) is 52.9 Å². The Morgan fingerprint density at radius 2 is 1.90 bits per heavy atom. The molecule has 1 aromatic heterocycles. The smallest absolute Gasteiger partial charge is 0.312 e. The van der Waals surface area contributed by atoms with Gasteiger partial charge in [0.15, 0.2) is 16.3 Å². The maximum Gasteiger partial charge on any atom is 0.312 e. The number of nitrogens with zero attached hydrogens (tertiary/aromatic N) is 3. The zero-order valence-corrected chi connectivity index (χ0v) is 24.4. The van der Waals surface area contributed by atoms with E-state index in [0.29, 0.717) is 30.0 Å². The Morgan fingerprint density at radius 1 is 1.12 bits per heavy atom. The first kappa shape index (κ1) is 26.3. The van der Waals surface area contributed by atoms with E-state index in [-0.39, 0.29) is 5.56 Å². The lowest BCUT2D eigenvalue weighted by Gasteiger charge is -2.31. The molecule has 0 bridgehead atoms. The van der Waals surface area contributed by atoms with Crippen molar-refractivity contribution in [2.24, 2.45) is 4.99 Å². The van der Waals surface area contributed by atoms with Crippen LogP contribution in [0.3, 0.4) is 0 Å². The van der Waals surface area contributed by atoms with Crippen LogP contribution in [0, 0.1) is 13.7 Å². The van der Waals surface area contributed by atoms with Crippen LogP contribution in [-0.2, 0) is 6.42 Å². The van der Waals surface area contributed by atoms with E-state index >= 15 is 0 Å². The number of fused-ring (bicyclic) bond motifs is 3. The summed E-state index contributed by atoms with van der Waals surface area (Å²) in [6.45, 7) is 0. The summed E-state index contributed by atoms with van der Waals surface area (Å²) >= 11 is 3.07. The molecule has 0 amide bonds. The second-order valence-corrected chi connectivity index (χ2v) is 11.5. The number of hydrogen-bond acceptors (Lipinski definition) is 8. The van der Waals surface area contributed by atoms with Gasteiger partial charge in [-0.2, -0.15) is 0 Å². The number of ether oxygens (including phenoxy) is 2. The zero-order valence-electron chi connectivity index (χ0n) is 21.4. The minimum absolute atomic E-state index is 0.250. The molecule has 4 aromatic rings. The predicted octanol–water partition coefficient (Wildman–Crippen LogP) is 4.55. The molecule has 0 saturated carbocycles. The molecule has 0 spiro atoms. The third-order valence-electron chi connectivity index (χ3n) is 7.16. The third-order valence-corrected chi connectivity index (χ3v) is 8.96. The van der Waals surface area contributed by atoms with Crippen LogP contribution in [0.4, 0.5) is 5.69 Å². The molecule has 9 nitrogen and oxygen atoms in total. The van der Waals surface area contributed by atoms with Crippen LogP contribution in [0.1, 0.15) is 34.7 Å². The minimum Gasteiger partial charge on any atom is -0.501 e. The molecule has 11 heteroatoms. The Labute approximate surface area is 245 Å². The van der Waals surface area contributed by atoms with Gasteiger partial charge in [0.25, 0.3) is 5.56 Å². The SMILES string of the molecule is COc1ccc([C@H]2C3=C(N=c4s/c(=C/c5cc(I)c(O)c([N+](=O)[O-])c5)c(=O)n42)c2ccccc2CC3)cc1OC. The van der Waals surface area contributed by atoms with Gasteiger partial charge in [0.2, 0.25) is 5.75 Å². The van der Waals surface area contributed by atoms with Crippen LogP contribution in [0.25, 0.3) is 11.8 Å². The fourth-order valence-electron chi connectivity index (χ4n) is 5.32. The van der Waals surface area contributed by atoms with Crippen molar-refractivity contribution in [1.82, 2.24) is 4.57 Å². The highest BCUT2D eigenvalue weighted by Gasteiger charge is 2.33. The van der Waals surface area contributed by atoms with Crippen LogP contribution >= 0.6 is 33.9 Å². The number of benzene rings is 3. The Balaban J connectivity index is 1.61. The summed E-state index contributed by atoms with van der Waals surface area (Å²) < 4.78 is 13.4. The lowest BCUT2D eigenvalue weighted by molar-refractivity contribution is -0.386. The molecule has 1 aliphatic carbocycles. The molecule has 3 aromatic carbocycles. The number of nitro benzene ring substituents is 1. The first-order valence-corrected chi connectivity index (χ1v) is 14.2. The largest absolute Gasteiger partial charge is 0.501 e. The van der Waals surface area contributed by atoms with Gasteiger partial charge in [-0.3, -0.25) is 19.5 Å². The van der Waals surface area contributed by atoms with Crippen molar-refractivity contribution in [3.8, 4) is 17.2 Å². The molecular weight excluding hydrogens is 645 g/mol. The van der Waals surface area contributed by atoms with Crippen molar-refractivity contribution in [2.45, 2.75) is 18.9 Å². The van der Waals surface area contributed by atoms with Gasteiger partial charge in [0.05, 0.1) is 39.0 Å². The number of aromatic nitrogens is 1. The predicted molar refractivity (Wildman–Crippen MR) is 160 cm³/mol. The first-order chi connectivity index (χ1) is 19.3. The van der Waals surface area contributed by atoms with Gasteiger partial charge < -0.3 is 14.6 Å². The minimum atomic E-state index is -0.640. The van der Waals surface area contributed by atoms with Crippen molar-refractivity contribution in [3.05, 3.63) is 116 Å². The average molecular weight is 667 g/mol. The number of aryl methyl sites for hydroxylation is 1. The van der Waals surface area contributed by atoms with Gasteiger partial charge in [-0.1, -0.05) is 41.7 Å².